The molecule has 3 nitrogen and oxygen atoms in total. The summed E-state index contributed by atoms with van der Waals surface area (Å²) < 4.78 is 0. The fraction of sp³-hybridized carbons (Fsp3) is 0.143. The predicted molar refractivity (Wildman–Crippen MR) is 65.4 cm³/mol. The van der Waals surface area contributed by atoms with Crippen LogP contribution in [0.5, 0.6) is 0 Å². The average Bonchev–Trinajstić information content (AvgIpc) is 3.17. The lowest BCUT2D eigenvalue weighted by Crippen LogP contribution is -2.30. The first-order valence-corrected chi connectivity index (χ1v) is 5.66. The Hall–Kier alpha value is -1.68. The maximum Gasteiger partial charge on any atom is 0.138 e. The Morgan fingerprint density at radius 3 is 2.12 bits per heavy atom. The van der Waals surface area contributed by atoms with Gasteiger partial charge in [0.2, 0.25) is 0 Å². The number of nitrogens with one attached hydrogen (secondary N) is 2. The van der Waals surface area contributed by atoms with Gasteiger partial charge in [0.05, 0.1) is 6.04 Å². The van der Waals surface area contributed by atoms with E-state index in [-0.39, 0.29) is 6.04 Å². The van der Waals surface area contributed by atoms with Crippen LogP contribution in [0.2, 0.25) is 0 Å². The second kappa shape index (κ2) is 3.96. The zero-order valence-corrected chi connectivity index (χ0v) is 9.30. The topological polar surface area (TPSA) is 54.2 Å². The molecule has 0 spiro atoms. The van der Waals surface area contributed by atoms with Crippen LogP contribution in [0.15, 0.2) is 60.7 Å². The van der Waals surface area contributed by atoms with Crippen LogP contribution >= 0.6 is 0 Å². The number of rotatable bonds is 3. The molecule has 1 aliphatic rings. The summed E-state index contributed by atoms with van der Waals surface area (Å²) >= 11 is 0. The molecule has 3 N–H and O–H groups in total. The number of hydroxylamine groups is 1. The van der Waals surface area contributed by atoms with Crippen molar-refractivity contribution in [3.63, 3.8) is 0 Å². The third kappa shape index (κ3) is 1.65. The normalized spacial score (nSPS) is 26.8. The van der Waals surface area contributed by atoms with Crippen LogP contribution in [0.25, 0.3) is 0 Å². The van der Waals surface area contributed by atoms with E-state index in [2.05, 4.69) is 22.9 Å². The van der Waals surface area contributed by atoms with Gasteiger partial charge in [-0.2, -0.15) is 5.48 Å². The second-order valence-electron chi connectivity index (χ2n) is 4.27. The molecule has 3 heteroatoms. The Balaban J connectivity index is 1.94. The zero-order chi connectivity index (χ0) is 11.7. The van der Waals surface area contributed by atoms with Crippen molar-refractivity contribution in [2.24, 2.45) is 0 Å². The highest BCUT2D eigenvalue weighted by Crippen LogP contribution is 2.45. The van der Waals surface area contributed by atoms with E-state index in [9.17, 15) is 5.21 Å². The number of hydrogen-bond donors (Lipinski definition) is 3. The van der Waals surface area contributed by atoms with Gasteiger partial charge >= 0.3 is 0 Å². The van der Waals surface area contributed by atoms with Crippen LogP contribution in [0.4, 0.5) is 0 Å². The Bertz CT molecular complexity index is 500. The first-order chi connectivity index (χ1) is 8.37. The molecule has 0 bridgehead atoms. The molecule has 1 fully saturated rings. The summed E-state index contributed by atoms with van der Waals surface area (Å²) in [5.41, 5.74) is 4.07. The number of hydrogen-bond acceptors (Lipinski definition) is 3. The quantitative estimate of drug-likeness (QED) is 0.555. The molecule has 1 heterocycles. The van der Waals surface area contributed by atoms with Crippen LogP contribution in [-0.2, 0) is 5.66 Å². The van der Waals surface area contributed by atoms with E-state index in [0.717, 1.165) is 11.1 Å². The summed E-state index contributed by atoms with van der Waals surface area (Å²) in [6, 6.07) is 20.1. The monoisotopic (exact) mass is 226 g/mol. The van der Waals surface area contributed by atoms with Crippen molar-refractivity contribution < 1.29 is 5.21 Å². The fourth-order valence-corrected chi connectivity index (χ4v) is 2.28. The van der Waals surface area contributed by atoms with Gasteiger partial charge in [0.15, 0.2) is 0 Å². The van der Waals surface area contributed by atoms with Gasteiger partial charge in [-0.15, -0.1) is 0 Å². The van der Waals surface area contributed by atoms with Crippen molar-refractivity contribution in [3.05, 3.63) is 71.8 Å². The standard InChI is InChI=1S/C14H14N2O/c17-16-14(12-9-5-2-6-10-12)13(15-14)11-7-3-1-4-8-11/h1-10,13,15-17H/t13-,14-/m1/s1. The Labute approximate surface area is 100 Å². The van der Waals surface area contributed by atoms with Crippen LogP contribution < -0.4 is 10.8 Å². The van der Waals surface area contributed by atoms with Gasteiger partial charge in [-0.25, -0.2) is 0 Å². The first-order valence-electron chi connectivity index (χ1n) is 5.66. The van der Waals surface area contributed by atoms with Crippen molar-refractivity contribution in [2.45, 2.75) is 11.7 Å². The molecule has 0 aliphatic carbocycles. The molecule has 0 unspecified atom stereocenters. The minimum atomic E-state index is -0.539. The molecule has 1 aliphatic heterocycles. The molecule has 2 aromatic carbocycles. The van der Waals surface area contributed by atoms with E-state index < -0.39 is 5.66 Å². The molecule has 3 rings (SSSR count). The highest BCUT2D eigenvalue weighted by molar-refractivity contribution is 5.39. The maximum atomic E-state index is 9.43. The van der Waals surface area contributed by atoms with Gasteiger partial charge in [0.25, 0.3) is 0 Å². The molecule has 17 heavy (non-hydrogen) atoms. The van der Waals surface area contributed by atoms with E-state index in [1.165, 1.54) is 0 Å². The van der Waals surface area contributed by atoms with Crippen molar-refractivity contribution in [1.29, 1.82) is 0 Å². The van der Waals surface area contributed by atoms with Gasteiger partial charge in [0.1, 0.15) is 5.66 Å². The predicted octanol–water partition coefficient (Wildman–Crippen LogP) is 2.16. The van der Waals surface area contributed by atoms with Crippen LogP contribution in [0.1, 0.15) is 17.2 Å². The van der Waals surface area contributed by atoms with Gasteiger partial charge in [-0.3, -0.25) is 5.32 Å². The fourth-order valence-electron chi connectivity index (χ4n) is 2.28. The summed E-state index contributed by atoms with van der Waals surface area (Å²) in [6.45, 7) is 0. The van der Waals surface area contributed by atoms with Crippen molar-refractivity contribution in [3.8, 4) is 0 Å². The lowest BCUT2D eigenvalue weighted by Gasteiger charge is -2.13. The Kier molecular flexibility index (Phi) is 2.44. The molecular weight excluding hydrogens is 212 g/mol. The zero-order valence-electron chi connectivity index (χ0n) is 9.30. The maximum absolute atomic E-state index is 9.43. The molecule has 0 radical (unpaired) electrons. The molecular formula is C14H14N2O. The molecule has 2 atom stereocenters. The number of benzene rings is 2. The van der Waals surface area contributed by atoms with Crippen molar-refractivity contribution in [1.82, 2.24) is 10.8 Å². The lowest BCUT2D eigenvalue weighted by atomic mass is 10.00. The van der Waals surface area contributed by atoms with Gasteiger partial charge in [-0.05, 0) is 11.1 Å². The largest absolute Gasteiger partial charge is 0.315 e. The molecule has 1 saturated heterocycles. The Morgan fingerprint density at radius 2 is 1.53 bits per heavy atom. The lowest BCUT2D eigenvalue weighted by molar-refractivity contribution is 0.107. The van der Waals surface area contributed by atoms with E-state index in [1.807, 2.05) is 48.5 Å². The Morgan fingerprint density at radius 1 is 0.941 bits per heavy atom. The summed E-state index contributed by atoms with van der Waals surface area (Å²) in [5, 5.41) is 12.7. The second-order valence-corrected chi connectivity index (χ2v) is 4.27. The third-order valence-corrected chi connectivity index (χ3v) is 3.26. The van der Waals surface area contributed by atoms with E-state index in [1.54, 1.807) is 0 Å². The van der Waals surface area contributed by atoms with Crippen LogP contribution in [-0.4, -0.2) is 5.21 Å². The van der Waals surface area contributed by atoms with E-state index in [0.29, 0.717) is 0 Å². The minimum Gasteiger partial charge on any atom is -0.315 e. The van der Waals surface area contributed by atoms with Gasteiger partial charge in [-0.1, -0.05) is 60.7 Å². The van der Waals surface area contributed by atoms with Gasteiger partial charge in [0, 0.05) is 0 Å². The summed E-state index contributed by atoms with van der Waals surface area (Å²) in [7, 11) is 0. The average molecular weight is 226 g/mol. The third-order valence-electron chi connectivity index (χ3n) is 3.26. The minimum absolute atomic E-state index is 0.107. The van der Waals surface area contributed by atoms with Crippen LogP contribution in [0, 0.1) is 0 Å². The first kappa shape index (κ1) is 10.5. The molecule has 0 saturated carbocycles. The SMILES string of the molecule is ON[C@@]1(c2ccccc2)N[C@@H]1c1ccccc1. The van der Waals surface area contributed by atoms with Crippen LogP contribution in [0.3, 0.4) is 0 Å². The van der Waals surface area contributed by atoms with E-state index in [4.69, 9.17) is 0 Å². The van der Waals surface area contributed by atoms with E-state index >= 15 is 0 Å². The molecule has 0 amide bonds. The summed E-state index contributed by atoms with van der Waals surface area (Å²) in [5.74, 6) is 0. The highest BCUT2D eigenvalue weighted by Gasteiger charge is 2.55. The highest BCUT2D eigenvalue weighted by atomic mass is 16.5. The summed E-state index contributed by atoms with van der Waals surface area (Å²) in [4.78, 5) is 0. The smallest absolute Gasteiger partial charge is 0.138 e. The van der Waals surface area contributed by atoms with Crippen molar-refractivity contribution in [2.75, 3.05) is 0 Å². The molecule has 2 aromatic rings. The molecule has 86 valence electrons. The van der Waals surface area contributed by atoms with Gasteiger partial charge < -0.3 is 5.21 Å². The van der Waals surface area contributed by atoms with Crippen molar-refractivity contribution >= 4 is 0 Å². The molecule has 0 aromatic heterocycles. The summed E-state index contributed by atoms with van der Waals surface area (Å²) in [6.07, 6.45) is 0.